The van der Waals surface area contributed by atoms with Crippen LogP contribution in [0.15, 0.2) is 11.1 Å². The van der Waals surface area contributed by atoms with Gasteiger partial charge in [-0.25, -0.2) is 4.98 Å². The Hall–Kier alpha value is -1.77. The number of rotatable bonds is 3. The summed E-state index contributed by atoms with van der Waals surface area (Å²) in [7, 11) is 0. The summed E-state index contributed by atoms with van der Waals surface area (Å²) in [5.41, 5.74) is 0.389. The Kier molecular flexibility index (Phi) is 3.98. The summed E-state index contributed by atoms with van der Waals surface area (Å²) < 4.78 is 5.43. The number of hydrogen-bond donors (Lipinski definition) is 2. The minimum Gasteiger partial charge on any atom is -0.388 e. The van der Waals surface area contributed by atoms with E-state index in [-0.39, 0.29) is 24.1 Å². The van der Waals surface area contributed by atoms with Crippen molar-refractivity contribution in [2.45, 2.75) is 26.1 Å². The molecular formula is C14H17N3O4S. The molecule has 7 nitrogen and oxygen atoms in total. The first-order valence-electron chi connectivity index (χ1n) is 7.08. The number of H-pyrrole nitrogens is 1. The van der Waals surface area contributed by atoms with E-state index in [1.807, 2.05) is 6.92 Å². The van der Waals surface area contributed by atoms with Gasteiger partial charge in [0.2, 0.25) is 0 Å². The normalized spacial score (nSPS) is 21.7. The molecule has 1 amide bonds. The van der Waals surface area contributed by atoms with Gasteiger partial charge in [0.05, 0.1) is 22.7 Å². The predicted octanol–water partition coefficient (Wildman–Crippen LogP) is 0.515. The lowest BCUT2D eigenvalue weighted by atomic mass is 10.2. The molecule has 2 aromatic heterocycles. The third-order valence-corrected chi connectivity index (χ3v) is 5.02. The van der Waals surface area contributed by atoms with E-state index >= 15 is 0 Å². The number of nitrogens with zero attached hydrogens (tertiary/aromatic N) is 2. The highest BCUT2D eigenvalue weighted by Gasteiger charge is 2.36. The fourth-order valence-electron chi connectivity index (χ4n) is 2.73. The van der Waals surface area contributed by atoms with E-state index in [0.717, 1.165) is 0 Å². The highest BCUT2D eigenvalue weighted by Crippen LogP contribution is 2.29. The Balaban J connectivity index is 1.92. The number of aliphatic hydroxyl groups excluding tert-OH is 1. The summed E-state index contributed by atoms with van der Waals surface area (Å²) in [5.74, 6) is -0.193. The molecular weight excluding hydrogens is 306 g/mol. The van der Waals surface area contributed by atoms with E-state index in [9.17, 15) is 14.7 Å². The molecule has 1 aliphatic heterocycles. The number of fused-ring (bicyclic) bond motifs is 1. The second-order valence-corrected chi connectivity index (χ2v) is 6.24. The average Bonchev–Trinajstić information content (AvgIpc) is 3.01. The van der Waals surface area contributed by atoms with Crippen LogP contribution < -0.4 is 5.56 Å². The second kappa shape index (κ2) is 5.79. The van der Waals surface area contributed by atoms with Gasteiger partial charge >= 0.3 is 0 Å². The molecule has 0 spiro atoms. The number of aliphatic hydroxyl groups is 1. The Morgan fingerprint density at radius 3 is 3.05 bits per heavy atom. The third-order valence-electron chi connectivity index (χ3n) is 3.83. The molecule has 0 radical (unpaired) electrons. The van der Waals surface area contributed by atoms with Crippen molar-refractivity contribution in [3.63, 3.8) is 0 Å². The molecule has 22 heavy (non-hydrogen) atoms. The maximum absolute atomic E-state index is 12.7. The van der Waals surface area contributed by atoms with Gasteiger partial charge in [-0.05, 0) is 19.4 Å². The molecule has 2 aromatic rings. The lowest BCUT2D eigenvalue weighted by Crippen LogP contribution is -2.30. The molecule has 0 aliphatic carbocycles. The third kappa shape index (κ3) is 2.43. The number of aryl methyl sites for hydroxylation is 1. The zero-order valence-corrected chi connectivity index (χ0v) is 13.1. The van der Waals surface area contributed by atoms with Crippen LogP contribution in [0.25, 0.3) is 10.2 Å². The lowest BCUT2D eigenvalue weighted by molar-refractivity contribution is -0.00237. The zero-order valence-electron chi connectivity index (χ0n) is 12.3. The number of ether oxygens (including phenoxy) is 1. The number of β-amino-alcohol motifs (C(OH)–C–C–N with tert-alkyl or cyclic N) is 1. The maximum Gasteiger partial charge on any atom is 0.264 e. The number of thiophene rings is 1. The molecule has 1 saturated heterocycles. The quantitative estimate of drug-likeness (QED) is 0.858. The van der Waals surface area contributed by atoms with Crippen LogP contribution in [0.1, 0.15) is 22.2 Å². The highest BCUT2D eigenvalue weighted by molar-refractivity contribution is 7.20. The monoisotopic (exact) mass is 323 g/mol. The fourth-order valence-corrected chi connectivity index (χ4v) is 3.84. The Bertz CT molecular complexity index is 769. The van der Waals surface area contributed by atoms with Crippen LogP contribution in [0, 0.1) is 6.92 Å². The molecule has 1 aliphatic rings. The lowest BCUT2D eigenvalue weighted by Gasteiger charge is -2.15. The maximum atomic E-state index is 12.7. The number of aromatic amines is 1. The van der Waals surface area contributed by atoms with Crippen LogP contribution in [-0.4, -0.2) is 57.8 Å². The van der Waals surface area contributed by atoms with E-state index in [4.69, 9.17) is 4.74 Å². The van der Waals surface area contributed by atoms with Crippen LogP contribution in [0.4, 0.5) is 0 Å². The zero-order chi connectivity index (χ0) is 15.9. The number of aromatic nitrogens is 2. The molecule has 3 heterocycles. The summed E-state index contributed by atoms with van der Waals surface area (Å²) >= 11 is 1.20. The summed E-state index contributed by atoms with van der Waals surface area (Å²) in [5, 5.41) is 10.4. The first kappa shape index (κ1) is 15.1. The van der Waals surface area contributed by atoms with E-state index < -0.39 is 6.10 Å². The average molecular weight is 323 g/mol. The van der Waals surface area contributed by atoms with Gasteiger partial charge in [0, 0.05) is 19.7 Å². The number of carbonyl (C=O) groups excluding carboxylic acids is 1. The smallest absolute Gasteiger partial charge is 0.264 e. The summed E-state index contributed by atoms with van der Waals surface area (Å²) in [6.07, 6.45) is 0.296. The number of likely N-dealkylation sites (tertiary alicyclic amines) is 1. The Morgan fingerprint density at radius 1 is 1.59 bits per heavy atom. The molecule has 1 fully saturated rings. The number of hydrogen-bond acceptors (Lipinski definition) is 6. The van der Waals surface area contributed by atoms with Gasteiger partial charge in [-0.3, -0.25) is 9.59 Å². The van der Waals surface area contributed by atoms with Crippen LogP contribution in [0.5, 0.6) is 0 Å². The largest absolute Gasteiger partial charge is 0.388 e. The summed E-state index contributed by atoms with van der Waals surface area (Å²) in [6, 6.07) is 0. The van der Waals surface area contributed by atoms with Crippen LogP contribution in [0.2, 0.25) is 0 Å². The molecule has 2 N–H and O–H groups in total. The standard InChI is InChI=1S/C14H17N3O4S/c1-3-21-9-5-17(4-8(9)18)14(20)11-7(2)10-12(19)15-6-16-13(10)22-11/h6,8-9,18H,3-5H2,1-2H3,(H,15,16,19)/t8-,9-/m0/s1. The Morgan fingerprint density at radius 2 is 2.36 bits per heavy atom. The van der Waals surface area contributed by atoms with Gasteiger partial charge in [0.1, 0.15) is 10.9 Å². The van der Waals surface area contributed by atoms with Crippen LogP contribution in [0.3, 0.4) is 0 Å². The topological polar surface area (TPSA) is 95.5 Å². The minimum atomic E-state index is -0.680. The molecule has 0 unspecified atom stereocenters. The number of carbonyl (C=O) groups is 1. The van der Waals surface area contributed by atoms with Gasteiger partial charge in [0.25, 0.3) is 11.5 Å². The van der Waals surface area contributed by atoms with E-state index in [2.05, 4.69) is 9.97 Å². The molecule has 0 saturated carbocycles. The number of amides is 1. The van der Waals surface area contributed by atoms with Crippen molar-refractivity contribution in [2.24, 2.45) is 0 Å². The van der Waals surface area contributed by atoms with Gasteiger partial charge in [0.15, 0.2) is 0 Å². The second-order valence-electron chi connectivity index (χ2n) is 5.24. The SMILES string of the molecule is CCO[C@H]1CN(C(=O)c2sc3nc[nH]c(=O)c3c2C)C[C@@H]1O. The fraction of sp³-hybridized carbons (Fsp3) is 0.500. The van der Waals surface area contributed by atoms with Gasteiger partial charge in [-0.2, -0.15) is 0 Å². The van der Waals surface area contributed by atoms with E-state index in [0.29, 0.717) is 33.8 Å². The van der Waals surface area contributed by atoms with E-state index in [1.165, 1.54) is 17.7 Å². The Labute approximate surface area is 130 Å². The molecule has 0 aromatic carbocycles. The number of nitrogens with one attached hydrogen (secondary N) is 1. The first-order chi connectivity index (χ1) is 10.5. The van der Waals surface area contributed by atoms with Gasteiger partial charge in [-0.15, -0.1) is 11.3 Å². The summed E-state index contributed by atoms with van der Waals surface area (Å²) in [6.45, 7) is 4.68. The molecule has 118 valence electrons. The van der Waals surface area contributed by atoms with Crippen LogP contribution >= 0.6 is 11.3 Å². The van der Waals surface area contributed by atoms with Gasteiger partial charge in [-0.1, -0.05) is 0 Å². The molecule has 3 rings (SSSR count). The van der Waals surface area contributed by atoms with E-state index in [1.54, 1.807) is 11.8 Å². The first-order valence-corrected chi connectivity index (χ1v) is 7.90. The van der Waals surface area contributed by atoms with Crippen LogP contribution in [-0.2, 0) is 4.74 Å². The minimum absolute atomic E-state index is 0.193. The predicted molar refractivity (Wildman–Crippen MR) is 82.3 cm³/mol. The van der Waals surface area contributed by atoms with Crippen molar-refractivity contribution >= 4 is 27.5 Å². The van der Waals surface area contributed by atoms with Crippen molar-refractivity contribution in [3.05, 3.63) is 27.1 Å². The summed E-state index contributed by atoms with van der Waals surface area (Å²) in [4.78, 5) is 33.8. The van der Waals surface area contributed by atoms with Crippen molar-refractivity contribution in [2.75, 3.05) is 19.7 Å². The molecule has 8 heteroatoms. The molecule has 0 bridgehead atoms. The van der Waals surface area contributed by atoms with Crippen molar-refractivity contribution in [3.8, 4) is 0 Å². The highest BCUT2D eigenvalue weighted by atomic mass is 32.1. The van der Waals surface area contributed by atoms with Crippen molar-refractivity contribution in [1.82, 2.24) is 14.9 Å². The van der Waals surface area contributed by atoms with Crippen molar-refractivity contribution in [1.29, 1.82) is 0 Å². The molecule has 2 atom stereocenters. The van der Waals surface area contributed by atoms with Crippen molar-refractivity contribution < 1.29 is 14.6 Å². The van der Waals surface area contributed by atoms with Gasteiger partial charge < -0.3 is 19.7 Å².